The van der Waals surface area contributed by atoms with Crippen LogP contribution in [0.3, 0.4) is 0 Å². The number of carbonyl (C=O) groups excluding carboxylic acids is 1. The lowest BCUT2D eigenvalue weighted by atomic mass is 10.1. The van der Waals surface area contributed by atoms with Gasteiger partial charge in [0.2, 0.25) is 15.9 Å². The minimum atomic E-state index is -3.50. The number of amides is 1. The molecule has 0 fully saturated rings. The first kappa shape index (κ1) is 21.9. The molecule has 0 aliphatic rings. The smallest absolute Gasteiger partial charge is 0.243 e. The molecule has 0 bridgehead atoms. The molecule has 0 saturated carbocycles. The molecule has 28 heavy (non-hydrogen) atoms. The van der Waals surface area contributed by atoms with Crippen LogP contribution >= 0.6 is 0 Å². The second kappa shape index (κ2) is 10.2. The van der Waals surface area contributed by atoms with Gasteiger partial charge < -0.3 is 10.1 Å². The summed E-state index contributed by atoms with van der Waals surface area (Å²) in [7, 11) is -3.50. The maximum atomic E-state index is 12.5. The van der Waals surface area contributed by atoms with E-state index in [2.05, 4.69) is 5.32 Å². The first-order valence-corrected chi connectivity index (χ1v) is 11.0. The predicted molar refractivity (Wildman–Crippen MR) is 111 cm³/mol. The van der Waals surface area contributed by atoms with Crippen LogP contribution in [0.25, 0.3) is 0 Å². The molecular weight excluding hydrogens is 376 g/mol. The molecule has 0 spiro atoms. The number of nitrogens with zero attached hydrogens (tertiary/aromatic N) is 1. The number of hydrogen-bond acceptors (Lipinski definition) is 4. The fraction of sp³-hybridized carbons (Fsp3) is 0.381. The van der Waals surface area contributed by atoms with E-state index in [-0.39, 0.29) is 10.8 Å². The topological polar surface area (TPSA) is 75.7 Å². The molecule has 0 radical (unpaired) electrons. The number of benzene rings is 2. The number of rotatable bonds is 10. The van der Waals surface area contributed by atoms with Crippen molar-refractivity contribution in [2.45, 2.75) is 38.5 Å². The Balaban J connectivity index is 1.98. The van der Waals surface area contributed by atoms with E-state index in [1.54, 1.807) is 26.0 Å². The molecule has 0 heterocycles. The molecule has 2 rings (SSSR count). The molecule has 2 aromatic rings. The minimum Gasteiger partial charge on any atom is -0.494 e. The third kappa shape index (κ3) is 5.56. The number of hydrogen-bond donors (Lipinski definition) is 1. The van der Waals surface area contributed by atoms with Gasteiger partial charge in [-0.1, -0.05) is 32.0 Å². The van der Waals surface area contributed by atoms with Crippen LogP contribution in [0, 0.1) is 0 Å². The van der Waals surface area contributed by atoms with Crippen LogP contribution in [0.1, 0.15) is 32.8 Å². The summed E-state index contributed by atoms with van der Waals surface area (Å²) in [5.41, 5.74) is 1.56. The molecule has 1 amide bonds. The van der Waals surface area contributed by atoms with Crippen LogP contribution < -0.4 is 10.1 Å². The Bertz CT molecular complexity index is 876. The molecule has 0 aliphatic carbocycles. The highest BCUT2D eigenvalue weighted by Crippen LogP contribution is 2.21. The second-order valence-electron chi connectivity index (χ2n) is 6.20. The summed E-state index contributed by atoms with van der Waals surface area (Å²) in [6, 6.07) is 13.9. The molecule has 1 N–H and O–H groups in total. The summed E-state index contributed by atoms with van der Waals surface area (Å²) in [5, 5.41) is 2.81. The third-order valence-corrected chi connectivity index (χ3v) is 6.44. The van der Waals surface area contributed by atoms with E-state index in [4.69, 9.17) is 4.74 Å². The standard InChI is InChI=1S/C21H28N2O4S/c1-4-23(5-2)28(25,26)19-14-12-18(13-15-19)22-21(24)16-11-17-9-7-8-10-20(17)27-6-3/h7-10,12-15H,4-6,11,16H2,1-3H3,(H,22,24). The molecule has 0 atom stereocenters. The van der Waals surface area contributed by atoms with Crippen LogP contribution in [0.4, 0.5) is 5.69 Å². The zero-order valence-electron chi connectivity index (χ0n) is 16.6. The molecule has 6 nitrogen and oxygen atoms in total. The monoisotopic (exact) mass is 404 g/mol. The average Bonchev–Trinajstić information content (AvgIpc) is 2.69. The van der Waals surface area contributed by atoms with Crippen LogP contribution in [0.5, 0.6) is 5.75 Å². The quantitative estimate of drug-likeness (QED) is 0.655. The van der Waals surface area contributed by atoms with E-state index < -0.39 is 10.0 Å². The van der Waals surface area contributed by atoms with Crippen molar-refractivity contribution >= 4 is 21.6 Å². The van der Waals surface area contributed by atoms with E-state index in [0.717, 1.165) is 11.3 Å². The normalized spacial score (nSPS) is 11.4. The molecule has 152 valence electrons. The van der Waals surface area contributed by atoms with Crippen molar-refractivity contribution in [1.29, 1.82) is 0 Å². The van der Waals surface area contributed by atoms with Crippen molar-refractivity contribution in [1.82, 2.24) is 4.31 Å². The number of para-hydroxylation sites is 1. The number of aryl methyl sites for hydroxylation is 1. The summed E-state index contributed by atoms with van der Waals surface area (Å²) in [6.07, 6.45) is 0.875. The molecule has 7 heteroatoms. The van der Waals surface area contributed by atoms with Gasteiger partial charge in [0.1, 0.15) is 5.75 Å². The van der Waals surface area contributed by atoms with Crippen LogP contribution in [-0.4, -0.2) is 38.3 Å². The number of ether oxygens (including phenoxy) is 1. The second-order valence-corrected chi connectivity index (χ2v) is 8.14. The SMILES string of the molecule is CCOc1ccccc1CCC(=O)Nc1ccc(S(=O)(=O)N(CC)CC)cc1. The van der Waals surface area contributed by atoms with Gasteiger partial charge in [-0.3, -0.25) is 4.79 Å². The van der Waals surface area contributed by atoms with E-state index in [1.165, 1.54) is 16.4 Å². The molecule has 2 aromatic carbocycles. The lowest BCUT2D eigenvalue weighted by Crippen LogP contribution is -2.30. The summed E-state index contributed by atoms with van der Waals surface area (Å²) in [5.74, 6) is 0.661. The van der Waals surface area contributed by atoms with E-state index >= 15 is 0 Å². The largest absolute Gasteiger partial charge is 0.494 e. The van der Waals surface area contributed by atoms with Crippen LogP contribution in [-0.2, 0) is 21.2 Å². The Morgan fingerprint density at radius 2 is 1.64 bits per heavy atom. The number of anilines is 1. The molecule has 0 aliphatic heterocycles. The van der Waals surface area contributed by atoms with E-state index in [0.29, 0.717) is 38.2 Å². The van der Waals surface area contributed by atoms with Gasteiger partial charge >= 0.3 is 0 Å². The van der Waals surface area contributed by atoms with Crippen molar-refractivity contribution in [3.8, 4) is 5.75 Å². The molecular formula is C21H28N2O4S. The highest BCUT2D eigenvalue weighted by molar-refractivity contribution is 7.89. The van der Waals surface area contributed by atoms with Crippen molar-refractivity contribution in [2.24, 2.45) is 0 Å². The van der Waals surface area contributed by atoms with Gasteiger partial charge in [0.05, 0.1) is 11.5 Å². The van der Waals surface area contributed by atoms with Crippen molar-refractivity contribution in [3.05, 3.63) is 54.1 Å². The zero-order valence-corrected chi connectivity index (χ0v) is 17.5. The maximum Gasteiger partial charge on any atom is 0.243 e. The fourth-order valence-corrected chi connectivity index (χ4v) is 4.36. The minimum absolute atomic E-state index is 0.134. The Morgan fingerprint density at radius 3 is 2.25 bits per heavy atom. The lowest BCUT2D eigenvalue weighted by molar-refractivity contribution is -0.116. The van der Waals surface area contributed by atoms with Crippen molar-refractivity contribution in [3.63, 3.8) is 0 Å². The molecule has 0 aromatic heterocycles. The first-order chi connectivity index (χ1) is 13.4. The van der Waals surface area contributed by atoms with E-state index in [9.17, 15) is 13.2 Å². The summed E-state index contributed by atoms with van der Waals surface area (Å²) in [6.45, 7) is 6.94. The van der Waals surface area contributed by atoms with Crippen LogP contribution in [0.2, 0.25) is 0 Å². The van der Waals surface area contributed by atoms with Gasteiger partial charge in [-0.15, -0.1) is 0 Å². The number of sulfonamides is 1. The van der Waals surface area contributed by atoms with Gasteiger partial charge in [0, 0.05) is 25.2 Å². The van der Waals surface area contributed by atoms with Gasteiger partial charge in [-0.2, -0.15) is 4.31 Å². The van der Waals surface area contributed by atoms with Gasteiger partial charge in [0.15, 0.2) is 0 Å². The highest BCUT2D eigenvalue weighted by Gasteiger charge is 2.21. The number of carbonyl (C=O) groups is 1. The summed E-state index contributed by atoms with van der Waals surface area (Å²) < 4.78 is 32.0. The summed E-state index contributed by atoms with van der Waals surface area (Å²) in [4.78, 5) is 12.5. The lowest BCUT2D eigenvalue weighted by Gasteiger charge is -2.18. The Kier molecular flexibility index (Phi) is 8.02. The van der Waals surface area contributed by atoms with E-state index in [1.807, 2.05) is 31.2 Å². The maximum absolute atomic E-state index is 12.5. The Morgan fingerprint density at radius 1 is 1.00 bits per heavy atom. The predicted octanol–water partition coefficient (Wildman–Crippen LogP) is 3.69. The Labute approximate surface area is 167 Å². The average molecular weight is 405 g/mol. The Hall–Kier alpha value is -2.38. The highest BCUT2D eigenvalue weighted by atomic mass is 32.2. The fourth-order valence-electron chi connectivity index (χ4n) is 2.90. The van der Waals surface area contributed by atoms with Crippen molar-refractivity contribution < 1.29 is 17.9 Å². The van der Waals surface area contributed by atoms with Gasteiger partial charge in [-0.05, 0) is 49.2 Å². The zero-order chi connectivity index (χ0) is 20.6. The van der Waals surface area contributed by atoms with Crippen LogP contribution in [0.15, 0.2) is 53.4 Å². The molecule has 0 unspecified atom stereocenters. The number of nitrogens with one attached hydrogen (secondary N) is 1. The van der Waals surface area contributed by atoms with Gasteiger partial charge in [-0.25, -0.2) is 8.42 Å². The van der Waals surface area contributed by atoms with Crippen molar-refractivity contribution in [2.75, 3.05) is 25.0 Å². The first-order valence-electron chi connectivity index (χ1n) is 9.53. The van der Waals surface area contributed by atoms with Gasteiger partial charge in [0.25, 0.3) is 0 Å². The molecule has 0 saturated heterocycles. The third-order valence-electron chi connectivity index (χ3n) is 4.38. The summed E-state index contributed by atoms with van der Waals surface area (Å²) >= 11 is 0.